The van der Waals surface area contributed by atoms with Crippen molar-refractivity contribution in [2.75, 3.05) is 5.73 Å². The van der Waals surface area contributed by atoms with Gasteiger partial charge in [0.2, 0.25) is 0 Å². The van der Waals surface area contributed by atoms with Crippen molar-refractivity contribution in [2.45, 2.75) is 31.0 Å². The molecule has 2 aromatic rings. The fourth-order valence-corrected chi connectivity index (χ4v) is 4.01. The molecule has 2 N–H and O–H groups in total. The van der Waals surface area contributed by atoms with E-state index in [1.165, 1.54) is 6.07 Å². The zero-order valence-corrected chi connectivity index (χ0v) is 13.7. The number of hydrogen-bond acceptors (Lipinski definition) is 4. The zero-order chi connectivity index (χ0) is 14.9. The Morgan fingerprint density at radius 3 is 2.70 bits per heavy atom. The molecule has 0 amide bonds. The van der Waals surface area contributed by atoms with Crippen LogP contribution >= 0.6 is 15.9 Å². The Hall–Kier alpha value is -1.34. The molecule has 0 aliphatic rings. The normalized spacial score (nSPS) is 11.8. The molecule has 0 saturated heterocycles. The Labute approximate surface area is 126 Å². The van der Waals surface area contributed by atoms with E-state index in [0.29, 0.717) is 17.9 Å². The standard InChI is InChI=1S/C13H16BrN3O2S/c1-3-17-12(13(14)9(2)16-17)8-20(18,19)11-6-4-5-10(15)7-11/h4-7H,3,8,15H2,1-2H3. The van der Waals surface area contributed by atoms with Gasteiger partial charge in [-0.25, -0.2) is 8.42 Å². The van der Waals surface area contributed by atoms with Crippen LogP contribution in [0.1, 0.15) is 18.3 Å². The lowest BCUT2D eigenvalue weighted by Gasteiger charge is -2.08. The van der Waals surface area contributed by atoms with Crippen molar-refractivity contribution in [1.29, 1.82) is 0 Å². The maximum atomic E-state index is 12.5. The van der Waals surface area contributed by atoms with Crippen LogP contribution in [0.4, 0.5) is 5.69 Å². The molecule has 0 aliphatic carbocycles. The van der Waals surface area contributed by atoms with Crippen molar-refractivity contribution in [3.8, 4) is 0 Å². The number of nitrogen functional groups attached to an aromatic ring is 1. The lowest BCUT2D eigenvalue weighted by molar-refractivity contribution is 0.585. The molecule has 1 aromatic heterocycles. The molecule has 5 nitrogen and oxygen atoms in total. The summed E-state index contributed by atoms with van der Waals surface area (Å²) in [5.74, 6) is -0.105. The first-order valence-corrected chi connectivity index (χ1v) is 8.59. The summed E-state index contributed by atoms with van der Waals surface area (Å²) in [7, 11) is -3.45. The minimum atomic E-state index is -3.45. The van der Waals surface area contributed by atoms with E-state index in [-0.39, 0.29) is 10.6 Å². The minimum absolute atomic E-state index is 0.105. The van der Waals surface area contributed by atoms with E-state index >= 15 is 0 Å². The smallest absolute Gasteiger partial charge is 0.184 e. The van der Waals surface area contributed by atoms with Crippen LogP contribution in [0.2, 0.25) is 0 Å². The lowest BCUT2D eigenvalue weighted by atomic mass is 10.3. The number of sulfone groups is 1. The number of benzene rings is 1. The predicted molar refractivity (Wildman–Crippen MR) is 82.1 cm³/mol. The fraction of sp³-hybridized carbons (Fsp3) is 0.308. The van der Waals surface area contributed by atoms with Gasteiger partial charge in [-0.05, 0) is 48.0 Å². The van der Waals surface area contributed by atoms with Gasteiger partial charge in [0.05, 0.1) is 26.5 Å². The minimum Gasteiger partial charge on any atom is -0.399 e. The third-order valence-electron chi connectivity index (χ3n) is 3.00. The molecule has 0 spiro atoms. The average Bonchev–Trinajstić information content (AvgIpc) is 2.66. The number of aryl methyl sites for hydroxylation is 2. The van der Waals surface area contributed by atoms with Crippen LogP contribution in [0.5, 0.6) is 0 Å². The molecule has 0 unspecified atom stereocenters. The Morgan fingerprint density at radius 2 is 2.10 bits per heavy atom. The monoisotopic (exact) mass is 357 g/mol. The van der Waals surface area contributed by atoms with Gasteiger partial charge in [0.15, 0.2) is 9.84 Å². The summed E-state index contributed by atoms with van der Waals surface area (Å²) in [6.45, 7) is 4.39. The third-order valence-corrected chi connectivity index (χ3v) is 5.65. The molecule has 0 aliphatic heterocycles. The molecule has 0 fully saturated rings. The molecule has 2 rings (SSSR count). The van der Waals surface area contributed by atoms with Gasteiger partial charge in [-0.2, -0.15) is 5.10 Å². The van der Waals surface area contributed by atoms with Crippen molar-refractivity contribution >= 4 is 31.5 Å². The summed E-state index contributed by atoms with van der Waals surface area (Å²) >= 11 is 3.41. The predicted octanol–water partition coefficient (Wildman–Crippen LogP) is 2.53. The van der Waals surface area contributed by atoms with Crippen LogP contribution < -0.4 is 5.73 Å². The van der Waals surface area contributed by atoms with Crippen LogP contribution in [0.3, 0.4) is 0 Å². The summed E-state index contributed by atoms with van der Waals surface area (Å²) in [5, 5.41) is 4.30. The SMILES string of the molecule is CCn1nc(C)c(Br)c1CS(=O)(=O)c1cccc(N)c1. The molecular weight excluding hydrogens is 342 g/mol. The highest BCUT2D eigenvalue weighted by Gasteiger charge is 2.21. The summed E-state index contributed by atoms with van der Waals surface area (Å²) in [4.78, 5) is 0.228. The van der Waals surface area contributed by atoms with Gasteiger partial charge in [-0.15, -0.1) is 0 Å². The summed E-state index contributed by atoms with van der Waals surface area (Å²) in [5.41, 5.74) is 7.52. The molecule has 0 radical (unpaired) electrons. The van der Waals surface area contributed by atoms with Crippen LogP contribution in [0.25, 0.3) is 0 Å². The Kier molecular flexibility index (Phi) is 4.19. The van der Waals surface area contributed by atoms with Gasteiger partial charge in [0.1, 0.15) is 0 Å². The van der Waals surface area contributed by atoms with E-state index in [1.54, 1.807) is 22.9 Å². The van der Waals surface area contributed by atoms with Crippen molar-refractivity contribution in [1.82, 2.24) is 9.78 Å². The second-order valence-electron chi connectivity index (χ2n) is 4.49. The van der Waals surface area contributed by atoms with Gasteiger partial charge < -0.3 is 5.73 Å². The van der Waals surface area contributed by atoms with Gasteiger partial charge in [0.25, 0.3) is 0 Å². The van der Waals surface area contributed by atoms with Gasteiger partial charge in [-0.1, -0.05) is 6.07 Å². The molecule has 1 aromatic carbocycles. The van der Waals surface area contributed by atoms with E-state index in [0.717, 1.165) is 10.2 Å². The molecule has 0 atom stereocenters. The van der Waals surface area contributed by atoms with Gasteiger partial charge >= 0.3 is 0 Å². The number of nitrogens with two attached hydrogens (primary N) is 1. The molecule has 0 saturated carbocycles. The number of nitrogens with zero attached hydrogens (tertiary/aromatic N) is 2. The number of anilines is 1. The van der Waals surface area contributed by atoms with Crippen LogP contribution in [0, 0.1) is 6.92 Å². The highest BCUT2D eigenvalue weighted by molar-refractivity contribution is 9.10. The fourth-order valence-electron chi connectivity index (χ4n) is 1.98. The lowest BCUT2D eigenvalue weighted by Crippen LogP contribution is -2.11. The average molecular weight is 358 g/mol. The molecule has 0 bridgehead atoms. The number of halogens is 1. The summed E-state index contributed by atoms with van der Waals surface area (Å²) in [6.07, 6.45) is 0. The number of hydrogen-bond donors (Lipinski definition) is 1. The van der Waals surface area contributed by atoms with Crippen molar-refractivity contribution in [2.24, 2.45) is 0 Å². The van der Waals surface area contributed by atoms with Crippen molar-refractivity contribution in [3.63, 3.8) is 0 Å². The zero-order valence-electron chi connectivity index (χ0n) is 11.3. The highest BCUT2D eigenvalue weighted by atomic mass is 79.9. The van der Waals surface area contributed by atoms with Gasteiger partial charge in [-0.3, -0.25) is 4.68 Å². The van der Waals surface area contributed by atoms with Crippen LogP contribution in [-0.2, 0) is 22.1 Å². The Balaban J connectivity index is 2.43. The van der Waals surface area contributed by atoms with Crippen LogP contribution in [0.15, 0.2) is 33.6 Å². The van der Waals surface area contributed by atoms with Gasteiger partial charge in [0, 0.05) is 12.2 Å². The van der Waals surface area contributed by atoms with E-state index in [1.807, 2.05) is 13.8 Å². The quantitative estimate of drug-likeness (QED) is 0.852. The summed E-state index contributed by atoms with van der Waals surface area (Å²) in [6, 6.07) is 6.33. The molecule has 1 heterocycles. The van der Waals surface area contributed by atoms with E-state index in [2.05, 4.69) is 21.0 Å². The summed E-state index contributed by atoms with van der Waals surface area (Å²) < 4.78 is 27.4. The molecular formula is C13H16BrN3O2S. The van der Waals surface area contributed by atoms with Crippen molar-refractivity contribution in [3.05, 3.63) is 40.1 Å². The van der Waals surface area contributed by atoms with Crippen molar-refractivity contribution < 1.29 is 8.42 Å². The highest BCUT2D eigenvalue weighted by Crippen LogP contribution is 2.26. The van der Waals surface area contributed by atoms with Crippen LogP contribution in [-0.4, -0.2) is 18.2 Å². The topological polar surface area (TPSA) is 78.0 Å². The number of rotatable bonds is 4. The van der Waals surface area contributed by atoms with E-state index < -0.39 is 9.84 Å². The van der Waals surface area contributed by atoms with E-state index in [4.69, 9.17) is 5.73 Å². The van der Waals surface area contributed by atoms with E-state index in [9.17, 15) is 8.42 Å². The molecule has 7 heteroatoms. The maximum absolute atomic E-state index is 12.5. The first-order valence-electron chi connectivity index (χ1n) is 6.15. The first kappa shape index (κ1) is 15.1. The maximum Gasteiger partial charge on any atom is 0.184 e. The third kappa shape index (κ3) is 2.88. The second-order valence-corrected chi connectivity index (χ2v) is 7.28. The Morgan fingerprint density at radius 1 is 1.40 bits per heavy atom. The molecule has 108 valence electrons. The second kappa shape index (κ2) is 5.57. The molecule has 20 heavy (non-hydrogen) atoms. The first-order chi connectivity index (χ1) is 9.35. The Bertz CT molecular complexity index is 738. The largest absolute Gasteiger partial charge is 0.399 e. The number of aromatic nitrogens is 2.